The zero-order valence-corrected chi connectivity index (χ0v) is 13.0. The van der Waals surface area contributed by atoms with Gasteiger partial charge in [0.1, 0.15) is 5.75 Å². The van der Waals surface area contributed by atoms with E-state index in [-0.39, 0.29) is 17.7 Å². The Morgan fingerprint density at radius 1 is 1.29 bits per heavy atom. The molecule has 0 bridgehead atoms. The molecule has 1 aromatic heterocycles. The number of phenols is 1. The number of thiophene rings is 1. The highest BCUT2D eigenvalue weighted by Gasteiger charge is 2.17. The van der Waals surface area contributed by atoms with Crippen molar-refractivity contribution in [3.8, 4) is 5.75 Å². The van der Waals surface area contributed by atoms with E-state index in [0.29, 0.717) is 6.42 Å². The molecule has 0 saturated carbocycles. The molecule has 2 atom stereocenters. The molecule has 0 fully saturated rings. The summed E-state index contributed by atoms with van der Waals surface area (Å²) >= 11 is 1.67. The van der Waals surface area contributed by atoms with Gasteiger partial charge in [-0.3, -0.25) is 4.79 Å². The molecule has 1 aromatic carbocycles. The fourth-order valence-corrected chi connectivity index (χ4v) is 2.94. The largest absolute Gasteiger partial charge is 0.508 e. The van der Waals surface area contributed by atoms with E-state index in [2.05, 4.69) is 5.32 Å². The third-order valence-corrected chi connectivity index (χ3v) is 4.46. The summed E-state index contributed by atoms with van der Waals surface area (Å²) in [7, 11) is 0. The van der Waals surface area contributed by atoms with Gasteiger partial charge in [-0.05, 0) is 50.1 Å². The molecule has 0 saturated heterocycles. The Labute approximate surface area is 128 Å². The molecular weight excluding hydrogens is 284 g/mol. The summed E-state index contributed by atoms with van der Waals surface area (Å²) in [6.07, 6.45) is 0.447. The SMILES string of the molecule is Cc1ccc(C(C)NC(=O)C(N)Cc2ccc(O)cc2)s1. The molecule has 4 N–H and O–H groups in total. The molecule has 0 radical (unpaired) electrons. The zero-order valence-electron chi connectivity index (χ0n) is 12.2. The van der Waals surface area contributed by atoms with Gasteiger partial charge in [0, 0.05) is 9.75 Å². The van der Waals surface area contributed by atoms with Crippen molar-refractivity contribution in [1.29, 1.82) is 0 Å². The highest BCUT2D eigenvalue weighted by atomic mass is 32.1. The van der Waals surface area contributed by atoms with E-state index in [1.807, 2.05) is 26.0 Å². The lowest BCUT2D eigenvalue weighted by Gasteiger charge is -2.16. The van der Waals surface area contributed by atoms with Gasteiger partial charge in [0.2, 0.25) is 5.91 Å². The molecule has 0 aliphatic rings. The average molecular weight is 304 g/mol. The van der Waals surface area contributed by atoms with E-state index in [9.17, 15) is 9.90 Å². The van der Waals surface area contributed by atoms with Gasteiger partial charge in [0.25, 0.3) is 0 Å². The van der Waals surface area contributed by atoms with Crippen LogP contribution in [0.3, 0.4) is 0 Å². The minimum Gasteiger partial charge on any atom is -0.508 e. The lowest BCUT2D eigenvalue weighted by Crippen LogP contribution is -2.42. The topological polar surface area (TPSA) is 75.4 Å². The van der Waals surface area contributed by atoms with Crippen LogP contribution < -0.4 is 11.1 Å². The van der Waals surface area contributed by atoms with Gasteiger partial charge in [-0.2, -0.15) is 0 Å². The standard InChI is InChI=1S/C16H20N2O2S/c1-10-3-8-15(21-10)11(2)18-16(20)14(17)9-12-4-6-13(19)7-5-12/h3-8,11,14,19H,9,17H2,1-2H3,(H,18,20). The third kappa shape index (κ3) is 4.31. The Morgan fingerprint density at radius 2 is 1.95 bits per heavy atom. The Balaban J connectivity index is 1.91. The molecule has 2 aromatic rings. The number of carbonyl (C=O) groups is 1. The van der Waals surface area contributed by atoms with Crippen molar-refractivity contribution >= 4 is 17.2 Å². The molecule has 0 aliphatic carbocycles. The lowest BCUT2D eigenvalue weighted by atomic mass is 10.1. The van der Waals surface area contributed by atoms with Crippen molar-refractivity contribution < 1.29 is 9.90 Å². The van der Waals surface area contributed by atoms with Crippen molar-refractivity contribution in [3.63, 3.8) is 0 Å². The number of aryl methyl sites for hydroxylation is 1. The van der Waals surface area contributed by atoms with Crippen LogP contribution in [0, 0.1) is 6.92 Å². The van der Waals surface area contributed by atoms with Crippen LogP contribution in [0.4, 0.5) is 0 Å². The predicted octanol–water partition coefficient (Wildman–Crippen LogP) is 2.51. The van der Waals surface area contributed by atoms with E-state index in [1.54, 1.807) is 35.6 Å². The number of nitrogens with one attached hydrogen (secondary N) is 1. The maximum absolute atomic E-state index is 12.1. The second kappa shape index (κ2) is 6.74. The molecule has 2 rings (SSSR count). The summed E-state index contributed by atoms with van der Waals surface area (Å²) in [6, 6.07) is 10.2. The Morgan fingerprint density at radius 3 is 2.52 bits per heavy atom. The first-order valence-corrected chi connectivity index (χ1v) is 7.67. The number of carbonyl (C=O) groups excluding carboxylic acids is 1. The maximum atomic E-state index is 12.1. The van der Waals surface area contributed by atoms with Crippen molar-refractivity contribution in [2.45, 2.75) is 32.4 Å². The van der Waals surface area contributed by atoms with Crippen molar-refractivity contribution in [3.05, 3.63) is 51.7 Å². The van der Waals surface area contributed by atoms with Gasteiger partial charge in [0.05, 0.1) is 12.1 Å². The van der Waals surface area contributed by atoms with E-state index in [0.717, 1.165) is 10.4 Å². The third-order valence-electron chi connectivity index (χ3n) is 3.28. The second-order valence-electron chi connectivity index (χ2n) is 5.16. The van der Waals surface area contributed by atoms with Crippen LogP contribution in [0.2, 0.25) is 0 Å². The summed E-state index contributed by atoms with van der Waals surface area (Å²) in [5, 5.41) is 12.2. The predicted molar refractivity (Wildman–Crippen MR) is 85.4 cm³/mol. The normalized spacial score (nSPS) is 13.7. The molecule has 1 amide bonds. The number of hydrogen-bond donors (Lipinski definition) is 3. The fourth-order valence-electron chi connectivity index (χ4n) is 2.06. The summed E-state index contributed by atoms with van der Waals surface area (Å²) < 4.78 is 0. The maximum Gasteiger partial charge on any atom is 0.237 e. The van der Waals surface area contributed by atoms with Crippen molar-refractivity contribution in [2.75, 3.05) is 0 Å². The highest BCUT2D eigenvalue weighted by molar-refractivity contribution is 7.12. The van der Waals surface area contributed by atoms with Gasteiger partial charge < -0.3 is 16.2 Å². The molecule has 2 unspecified atom stereocenters. The first-order chi connectivity index (χ1) is 9.95. The molecule has 1 heterocycles. The molecular formula is C16H20N2O2S. The summed E-state index contributed by atoms with van der Waals surface area (Å²) in [5.74, 6) is 0.0417. The number of aromatic hydroxyl groups is 1. The van der Waals surface area contributed by atoms with Crippen molar-refractivity contribution in [1.82, 2.24) is 5.32 Å². The molecule has 5 heteroatoms. The van der Waals surface area contributed by atoms with Gasteiger partial charge in [-0.25, -0.2) is 0 Å². The van der Waals surface area contributed by atoms with E-state index in [4.69, 9.17) is 5.73 Å². The number of hydrogen-bond acceptors (Lipinski definition) is 4. The van der Waals surface area contributed by atoms with E-state index >= 15 is 0 Å². The number of phenolic OH excluding ortho intramolecular Hbond substituents is 1. The number of rotatable bonds is 5. The second-order valence-corrected chi connectivity index (χ2v) is 6.48. The van der Waals surface area contributed by atoms with E-state index in [1.165, 1.54) is 4.88 Å². The number of amides is 1. The average Bonchev–Trinajstić information content (AvgIpc) is 2.88. The quantitative estimate of drug-likeness (QED) is 0.794. The summed E-state index contributed by atoms with van der Waals surface area (Å²) in [4.78, 5) is 14.5. The Hall–Kier alpha value is -1.85. The van der Waals surface area contributed by atoms with Crippen molar-refractivity contribution in [2.24, 2.45) is 5.73 Å². The highest BCUT2D eigenvalue weighted by Crippen LogP contribution is 2.22. The van der Waals surface area contributed by atoms with Crippen LogP contribution in [0.5, 0.6) is 5.75 Å². The summed E-state index contributed by atoms with van der Waals surface area (Å²) in [6.45, 7) is 4.00. The van der Waals surface area contributed by atoms with Crippen LogP contribution in [-0.4, -0.2) is 17.1 Å². The van der Waals surface area contributed by atoms with Gasteiger partial charge in [-0.15, -0.1) is 11.3 Å². The molecule has 21 heavy (non-hydrogen) atoms. The Kier molecular flexibility index (Phi) is 4.98. The zero-order chi connectivity index (χ0) is 15.4. The van der Waals surface area contributed by atoms with Crippen LogP contribution in [-0.2, 0) is 11.2 Å². The lowest BCUT2D eigenvalue weighted by molar-refractivity contribution is -0.122. The fraction of sp³-hybridized carbons (Fsp3) is 0.312. The molecule has 112 valence electrons. The Bertz CT molecular complexity index is 607. The number of benzene rings is 1. The minimum atomic E-state index is -0.599. The van der Waals surface area contributed by atoms with Crippen LogP contribution >= 0.6 is 11.3 Å². The van der Waals surface area contributed by atoms with Gasteiger partial charge in [0.15, 0.2) is 0 Å². The first kappa shape index (κ1) is 15.5. The number of nitrogens with two attached hydrogens (primary N) is 1. The van der Waals surface area contributed by atoms with Crippen LogP contribution in [0.15, 0.2) is 36.4 Å². The monoisotopic (exact) mass is 304 g/mol. The van der Waals surface area contributed by atoms with E-state index < -0.39 is 6.04 Å². The van der Waals surface area contributed by atoms with Crippen LogP contribution in [0.1, 0.15) is 28.3 Å². The van der Waals surface area contributed by atoms with Gasteiger partial charge in [-0.1, -0.05) is 12.1 Å². The molecule has 0 spiro atoms. The molecule has 0 aliphatic heterocycles. The minimum absolute atomic E-state index is 0.0398. The smallest absolute Gasteiger partial charge is 0.237 e. The van der Waals surface area contributed by atoms with Gasteiger partial charge >= 0.3 is 0 Å². The van der Waals surface area contributed by atoms with Crippen LogP contribution in [0.25, 0.3) is 0 Å². The molecule has 4 nitrogen and oxygen atoms in total. The summed E-state index contributed by atoms with van der Waals surface area (Å²) in [5.41, 5.74) is 6.87. The first-order valence-electron chi connectivity index (χ1n) is 6.86.